The smallest absolute Gasteiger partial charge is 0.244 e. The van der Waals surface area contributed by atoms with Crippen molar-refractivity contribution in [2.45, 2.75) is 31.7 Å². The lowest BCUT2D eigenvalue weighted by Crippen LogP contribution is -2.27. The second-order valence-electron chi connectivity index (χ2n) is 4.52. The van der Waals surface area contributed by atoms with Crippen molar-refractivity contribution in [3.05, 3.63) is 47.3 Å². The fourth-order valence-electron chi connectivity index (χ4n) is 2.04. The van der Waals surface area contributed by atoms with E-state index >= 15 is 0 Å². The van der Waals surface area contributed by atoms with Gasteiger partial charge in [0, 0.05) is 6.04 Å². The SMILES string of the molecule is Cc1n[nH]c(C)c1S(=O)(=O)N[C@@H](C)c1ccccc1. The zero-order valence-corrected chi connectivity index (χ0v) is 12.0. The molecule has 19 heavy (non-hydrogen) atoms. The standard InChI is InChI=1S/C13H17N3O2S/c1-9(12-7-5-4-6-8-12)16-19(17,18)13-10(2)14-15-11(13)3/h4-9,16H,1-3H3,(H,14,15)/t9-/m0/s1. The van der Waals surface area contributed by atoms with Crippen LogP contribution in [-0.4, -0.2) is 18.6 Å². The summed E-state index contributed by atoms with van der Waals surface area (Å²) in [5.41, 5.74) is 1.94. The monoisotopic (exact) mass is 279 g/mol. The fraction of sp³-hybridized carbons (Fsp3) is 0.308. The third kappa shape index (κ3) is 2.85. The summed E-state index contributed by atoms with van der Waals surface area (Å²) in [6.45, 7) is 5.19. The molecule has 1 atom stereocenters. The fourth-order valence-corrected chi connectivity index (χ4v) is 3.64. The van der Waals surface area contributed by atoms with Gasteiger partial charge in [0.1, 0.15) is 4.90 Å². The minimum Gasteiger partial charge on any atom is -0.281 e. The molecule has 102 valence electrons. The van der Waals surface area contributed by atoms with Gasteiger partial charge in [-0.1, -0.05) is 30.3 Å². The molecule has 2 N–H and O–H groups in total. The van der Waals surface area contributed by atoms with Gasteiger partial charge >= 0.3 is 0 Å². The predicted octanol–water partition coefficient (Wildman–Crippen LogP) is 2.07. The molecular formula is C13H17N3O2S. The largest absolute Gasteiger partial charge is 0.281 e. The molecule has 1 heterocycles. The van der Waals surface area contributed by atoms with Gasteiger partial charge in [-0.3, -0.25) is 5.10 Å². The summed E-state index contributed by atoms with van der Waals surface area (Å²) in [6, 6.07) is 9.16. The molecule has 0 fully saturated rings. The number of nitrogens with one attached hydrogen (secondary N) is 2. The molecule has 0 saturated carbocycles. The Hall–Kier alpha value is -1.66. The number of H-pyrrole nitrogens is 1. The number of hydrogen-bond acceptors (Lipinski definition) is 3. The summed E-state index contributed by atoms with van der Waals surface area (Å²) in [4.78, 5) is 0.232. The minimum absolute atomic E-state index is 0.232. The summed E-state index contributed by atoms with van der Waals surface area (Å²) >= 11 is 0. The first-order chi connectivity index (χ1) is 8.92. The molecule has 0 amide bonds. The number of aromatic amines is 1. The van der Waals surface area contributed by atoms with Crippen molar-refractivity contribution in [1.29, 1.82) is 0 Å². The van der Waals surface area contributed by atoms with E-state index in [-0.39, 0.29) is 10.9 Å². The Kier molecular flexibility index (Phi) is 3.73. The molecule has 0 spiro atoms. The van der Waals surface area contributed by atoms with Crippen LogP contribution in [0.5, 0.6) is 0 Å². The highest BCUT2D eigenvalue weighted by molar-refractivity contribution is 7.89. The van der Waals surface area contributed by atoms with Gasteiger partial charge < -0.3 is 0 Å². The number of nitrogens with zero attached hydrogens (tertiary/aromatic N) is 1. The van der Waals surface area contributed by atoms with Gasteiger partial charge in [0.15, 0.2) is 0 Å². The lowest BCUT2D eigenvalue weighted by Gasteiger charge is -2.14. The lowest BCUT2D eigenvalue weighted by molar-refractivity contribution is 0.566. The van der Waals surface area contributed by atoms with Crippen LogP contribution in [0.1, 0.15) is 29.9 Å². The molecule has 0 aliphatic heterocycles. The second kappa shape index (κ2) is 5.14. The van der Waals surface area contributed by atoms with Gasteiger partial charge in [-0.05, 0) is 26.3 Å². The van der Waals surface area contributed by atoms with Crippen LogP contribution in [0, 0.1) is 13.8 Å². The summed E-state index contributed by atoms with van der Waals surface area (Å²) in [7, 11) is -3.57. The van der Waals surface area contributed by atoms with E-state index in [1.807, 2.05) is 37.3 Å². The predicted molar refractivity (Wildman–Crippen MR) is 73.2 cm³/mol. The molecule has 0 aliphatic carbocycles. The van der Waals surface area contributed by atoms with E-state index in [1.165, 1.54) is 0 Å². The van der Waals surface area contributed by atoms with Gasteiger partial charge in [-0.2, -0.15) is 5.10 Å². The van der Waals surface area contributed by atoms with E-state index in [9.17, 15) is 8.42 Å². The molecule has 0 radical (unpaired) electrons. The number of sulfonamides is 1. The maximum Gasteiger partial charge on any atom is 0.244 e. The quantitative estimate of drug-likeness (QED) is 0.899. The maximum atomic E-state index is 12.3. The third-order valence-electron chi connectivity index (χ3n) is 2.96. The van der Waals surface area contributed by atoms with Crippen LogP contribution in [0.15, 0.2) is 35.2 Å². The van der Waals surface area contributed by atoms with Gasteiger partial charge in [-0.15, -0.1) is 0 Å². The molecular weight excluding hydrogens is 262 g/mol. The highest BCUT2D eigenvalue weighted by Gasteiger charge is 2.24. The van der Waals surface area contributed by atoms with Gasteiger partial charge in [0.25, 0.3) is 0 Å². The van der Waals surface area contributed by atoms with Crippen LogP contribution in [0.3, 0.4) is 0 Å². The van der Waals surface area contributed by atoms with Gasteiger partial charge in [0.2, 0.25) is 10.0 Å². The summed E-state index contributed by atoms with van der Waals surface area (Å²) in [6.07, 6.45) is 0. The Morgan fingerprint density at radius 2 is 1.84 bits per heavy atom. The van der Waals surface area contributed by atoms with Crippen molar-refractivity contribution in [2.75, 3.05) is 0 Å². The van der Waals surface area contributed by atoms with E-state index < -0.39 is 10.0 Å². The zero-order valence-electron chi connectivity index (χ0n) is 11.1. The average Bonchev–Trinajstić information content (AvgIpc) is 2.70. The first-order valence-corrected chi connectivity index (χ1v) is 7.49. The molecule has 5 nitrogen and oxygen atoms in total. The average molecular weight is 279 g/mol. The van der Waals surface area contributed by atoms with Gasteiger partial charge in [-0.25, -0.2) is 13.1 Å². The Balaban J connectivity index is 2.28. The lowest BCUT2D eigenvalue weighted by atomic mass is 10.1. The Morgan fingerprint density at radius 1 is 1.21 bits per heavy atom. The van der Waals surface area contributed by atoms with Gasteiger partial charge in [0.05, 0.1) is 11.4 Å². The molecule has 2 aromatic rings. The van der Waals surface area contributed by atoms with E-state index in [2.05, 4.69) is 14.9 Å². The number of aromatic nitrogens is 2. The Morgan fingerprint density at radius 3 is 2.37 bits per heavy atom. The van der Waals surface area contributed by atoms with E-state index in [4.69, 9.17) is 0 Å². The van der Waals surface area contributed by atoms with Crippen molar-refractivity contribution < 1.29 is 8.42 Å². The van der Waals surface area contributed by atoms with Crippen molar-refractivity contribution in [3.63, 3.8) is 0 Å². The third-order valence-corrected chi connectivity index (χ3v) is 4.76. The second-order valence-corrected chi connectivity index (χ2v) is 6.17. The normalized spacial score (nSPS) is 13.4. The topological polar surface area (TPSA) is 74.8 Å². The van der Waals surface area contributed by atoms with Crippen molar-refractivity contribution >= 4 is 10.0 Å². The molecule has 0 saturated heterocycles. The molecule has 0 unspecified atom stereocenters. The van der Waals surface area contributed by atoms with Crippen LogP contribution >= 0.6 is 0 Å². The number of rotatable bonds is 4. The molecule has 0 aliphatic rings. The van der Waals surface area contributed by atoms with Crippen LogP contribution in [-0.2, 0) is 10.0 Å². The van der Waals surface area contributed by atoms with E-state index in [0.717, 1.165) is 5.56 Å². The number of aryl methyl sites for hydroxylation is 2. The minimum atomic E-state index is -3.57. The van der Waals surface area contributed by atoms with Crippen molar-refractivity contribution in [3.8, 4) is 0 Å². The molecule has 2 rings (SSSR count). The number of hydrogen-bond donors (Lipinski definition) is 2. The Labute approximate surface area is 113 Å². The molecule has 1 aromatic carbocycles. The Bertz CT molecular complexity index is 643. The molecule has 0 bridgehead atoms. The first-order valence-electron chi connectivity index (χ1n) is 6.00. The van der Waals surface area contributed by atoms with E-state index in [1.54, 1.807) is 13.8 Å². The van der Waals surface area contributed by atoms with Crippen LogP contribution < -0.4 is 4.72 Å². The van der Waals surface area contributed by atoms with Crippen molar-refractivity contribution in [2.24, 2.45) is 0 Å². The molecule has 1 aromatic heterocycles. The molecule has 6 heteroatoms. The number of benzene rings is 1. The van der Waals surface area contributed by atoms with Crippen molar-refractivity contribution in [1.82, 2.24) is 14.9 Å². The summed E-state index contributed by atoms with van der Waals surface area (Å²) in [5, 5.41) is 6.61. The maximum absolute atomic E-state index is 12.3. The highest BCUT2D eigenvalue weighted by atomic mass is 32.2. The summed E-state index contributed by atoms with van der Waals surface area (Å²) in [5.74, 6) is 0. The van der Waals surface area contributed by atoms with Crippen LogP contribution in [0.25, 0.3) is 0 Å². The zero-order chi connectivity index (χ0) is 14.0. The van der Waals surface area contributed by atoms with Crippen LogP contribution in [0.4, 0.5) is 0 Å². The summed E-state index contributed by atoms with van der Waals surface area (Å²) < 4.78 is 27.4. The van der Waals surface area contributed by atoms with E-state index in [0.29, 0.717) is 11.4 Å². The van der Waals surface area contributed by atoms with Crippen LogP contribution in [0.2, 0.25) is 0 Å². The highest BCUT2D eigenvalue weighted by Crippen LogP contribution is 2.20. The first kappa shape index (κ1) is 13.8.